The van der Waals surface area contributed by atoms with Crippen LogP contribution in [0.3, 0.4) is 0 Å². The molecule has 1 unspecified atom stereocenters. The lowest BCUT2D eigenvalue weighted by molar-refractivity contribution is -0.139. The zero-order valence-corrected chi connectivity index (χ0v) is 12.0. The van der Waals surface area contributed by atoms with Crippen LogP contribution in [0, 0.1) is 5.92 Å². The Morgan fingerprint density at radius 2 is 2.05 bits per heavy atom. The van der Waals surface area contributed by atoms with Crippen LogP contribution >= 0.6 is 0 Å². The number of benzene rings is 1. The number of rotatable bonds is 5. The van der Waals surface area contributed by atoms with Gasteiger partial charge in [0.2, 0.25) is 0 Å². The van der Waals surface area contributed by atoms with Crippen LogP contribution in [0.5, 0.6) is 0 Å². The van der Waals surface area contributed by atoms with Crippen LogP contribution in [0.25, 0.3) is 0 Å². The molecule has 0 saturated carbocycles. The largest absolute Gasteiger partial charge is 0.480 e. The van der Waals surface area contributed by atoms with E-state index >= 15 is 0 Å². The summed E-state index contributed by atoms with van der Waals surface area (Å²) in [7, 11) is -3.78. The van der Waals surface area contributed by atoms with Gasteiger partial charge in [-0.15, -0.1) is 0 Å². The normalized spacial score (nSPS) is 21.8. The molecule has 1 aromatic rings. The van der Waals surface area contributed by atoms with Crippen LogP contribution in [0.15, 0.2) is 30.3 Å². The Balaban J connectivity index is 2.19. The van der Waals surface area contributed by atoms with Crippen LogP contribution in [-0.4, -0.2) is 36.9 Å². The monoisotopic (exact) mass is 298 g/mol. The first-order chi connectivity index (χ1) is 9.40. The highest BCUT2D eigenvalue weighted by Crippen LogP contribution is 2.20. The Kier molecular flexibility index (Phi) is 4.42. The van der Waals surface area contributed by atoms with E-state index < -0.39 is 22.2 Å². The molecule has 1 aliphatic rings. The first-order valence-electron chi connectivity index (χ1n) is 6.45. The molecule has 1 heterocycles. The summed E-state index contributed by atoms with van der Waals surface area (Å²) in [5.74, 6) is -0.918. The lowest BCUT2D eigenvalue weighted by Crippen LogP contribution is -2.43. The fourth-order valence-electron chi connectivity index (χ4n) is 2.24. The van der Waals surface area contributed by atoms with E-state index in [1.165, 1.54) is 4.31 Å². The molecule has 0 radical (unpaired) electrons. The summed E-state index contributed by atoms with van der Waals surface area (Å²) >= 11 is 0. The third-order valence-corrected chi connectivity index (χ3v) is 4.92. The molecule has 2 atom stereocenters. The van der Waals surface area contributed by atoms with Crippen molar-refractivity contribution in [3.05, 3.63) is 35.9 Å². The van der Waals surface area contributed by atoms with Gasteiger partial charge >= 0.3 is 5.97 Å². The quantitative estimate of drug-likeness (QED) is 0.848. The van der Waals surface area contributed by atoms with Crippen molar-refractivity contribution in [2.45, 2.75) is 19.4 Å². The third kappa shape index (κ3) is 3.36. The lowest BCUT2D eigenvalue weighted by Gasteiger charge is -2.20. The first kappa shape index (κ1) is 15.0. The van der Waals surface area contributed by atoms with E-state index in [2.05, 4.69) is 4.72 Å². The summed E-state index contributed by atoms with van der Waals surface area (Å²) in [5.41, 5.74) is 0.413. The number of nitrogens with zero attached hydrogens (tertiary/aromatic N) is 1. The highest BCUT2D eigenvalue weighted by atomic mass is 32.2. The smallest absolute Gasteiger partial charge is 0.326 e. The summed E-state index contributed by atoms with van der Waals surface area (Å²) in [5, 5.41) is 9.24. The van der Waals surface area contributed by atoms with Gasteiger partial charge in [0.25, 0.3) is 10.2 Å². The molecular weight excluding hydrogens is 280 g/mol. The predicted octanol–water partition coefficient (Wildman–Crippen LogP) is 0.988. The molecule has 1 fully saturated rings. The van der Waals surface area contributed by atoms with E-state index in [1.54, 1.807) is 30.3 Å². The maximum atomic E-state index is 12.2. The summed E-state index contributed by atoms with van der Waals surface area (Å²) in [4.78, 5) is 11.3. The molecule has 0 amide bonds. The number of carboxylic acids is 1. The molecule has 0 bridgehead atoms. The van der Waals surface area contributed by atoms with Crippen molar-refractivity contribution >= 4 is 16.2 Å². The molecule has 1 aromatic carbocycles. The number of carboxylic acid groups (broad SMARTS) is 1. The summed E-state index contributed by atoms with van der Waals surface area (Å²) in [6, 6.07) is 7.02. The molecule has 0 aliphatic carbocycles. The minimum absolute atomic E-state index is 0.298. The van der Waals surface area contributed by atoms with E-state index in [4.69, 9.17) is 0 Å². The zero-order valence-electron chi connectivity index (χ0n) is 11.2. The number of hydrogen-bond acceptors (Lipinski definition) is 3. The van der Waals surface area contributed by atoms with Gasteiger partial charge in [0, 0.05) is 13.1 Å². The number of carbonyl (C=O) groups is 1. The van der Waals surface area contributed by atoms with Crippen LogP contribution in [0.2, 0.25) is 0 Å². The fourth-order valence-corrected chi connectivity index (χ4v) is 3.72. The first-order valence-corrected chi connectivity index (χ1v) is 7.89. The van der Waals surface area contributed by atoms with Gasteiger partial charge in [0.05, 0.1) is 0 Å². The summed E-state index contributed by atoms with van der Waals surface area (Å²) in [6.45, 7) is 2.83. The Morgan fingerprint density at radius 3 is 2.55 bits per heavy atom. The van der Waals surface area contributed by atoms with Crippen molar-refractivity contribution in [3.63, 3.8) is 0 Å². The Hall–Kier alpha value is -1.44. The van der Waals surface area contributed by atoms with E-state index in [0.717, 1.165) is 6.42 Å². The Bertz CT molecular complexity index is 573. The average molecular weight is 298 g/mol. The van der Waals surface area contributed by atoms with Crippen molar-refractivity contribution in [2.75, 3.05) is 13.1 Å². The van der Waals surface area contributed by atoms with Crippen molar-refractivity contribution < 1.29 is 18.3 Å². The minimum atomic E-state index is -3.78. The molecule has 1 saturated heterocycles. The van der Waals surface area contributed by atoms with Gasteiger partial charge in [0.1, 0.15) is 6.04 Å². The van der Waals surface area contributed by atoms with Gasteiger partial charge < -0.3 is 5.11 Å². The molecule has 110 valence electrons. The van der Waals surface area contributed by atoms with E-state index in [0.29, 0.717) is 24.6 Å². The molecule has 7 heteroatoms. The van der Waals surface area contributed by atoms with Gasteiger partial charge in [-0.1, -0.05) is 37.3 Å². The maximum absolute atomic E-state index is 12.2. The highest BCUT2D eigenvalue weighted by molar-refractivity contribution is 7.87. The van der Waals surface area contributed by atoms with Crippen molar-refractivity contribution in [1.29, 1.82) is 0 Å². The second kappa shape index (κ2) is 5.90. The van der Waals surface area contributed by atoms with Crippen LogP contribution < -0.4 is 4.72 Å². The van der Waals surface area contributed by atoms with Gasteiger partial charge in [0.15, 0.2) is 0 Å². The molecule has 20 heavy (non-hydrogen) atoms. The third-order valence-electron chi connectivity index (χ3n) is 3.37. The maximum Gasteiger partial charge on any atom is 0.326 e. The van der Waals surface area contributed by atoms with Crippen LogP contribution in [-0.2, 0) is 15.0 Å². The van der Waals surface area contributed by atoms with Crippen molar-refractivity contribution in [2.24, 2.45) is 5.92 Å². The number of hydrogen-bond donors (Lipinski definition) is 2. The topological polar surface area (TPSA) is 86.7 Å². The van der Waals surface area contributed by atoms with E-state index in [1.807, 2.05) is 6.92 Å². The second-order valence-electron chi connectivity index (χ2n) is 5.06. The van der Waals surface area contributed by atoms with E-state index in [-0.39, 0.29) is 0 Å². The average Bonchev–Trinajstić information content (AvgIpc) is 2.84. The second-order valence-corrected chi connectivity index (χ2v) is 6.76. The summed E-state index contributed by atoms with van der Waals surface area (Å²) < 4.78 is 28.0. The molecule has 1 aliphatic heterocycles. The molecule has 0 spiro atoms. The zero-order chi connectivity index (χ0) is 14.8. The molecule has 6 nitrogen and oxygen atoms in total. The van der Waals surface area contributed by atoms with E-state index in [9.17, 15) is 18.3 Å². The molecule has 2 rings (SSSR count). The summed E-state index contributed by atoms with van der Waals surface area (Å²) in [6.07, 6.45) is 0.796. The van der Waals surface area contributed by atoms with Gasteiger partial charge in [-0.25, -0.2) is 0 Å². The Labute approximate surface area is 118 Å². The lowest BCUT2D eigenvalue weighted by atomic mass is 10.1. The minimum Gasteiger partial charge on any atom is -0.480 e. The highest BCUT2D eigenvalue weighted by Gasteiger charge is 2.33. The van der Waals surface area contributed by atoms with Gasteiger partial charge in [-0.2, -0.15) is 17.4 Å². The Morgan fingerprint density at radius 1 is 1.40 bits per heavy atom. The van der Waals surface area contributed by atoms with Crippen LogP contribution in [0.4, 0.5) is 0 Å². The van der Waals surface area contributed by atoms with Gasteiger partial charge in [-0.3, -0.25) is 4.79 Å². The molecule has 2 N–H and O–H groups in total. The molecule has 0 aromatic heterocycles. The van der Waals surface area contributed by atoms with Gasteiger partial charge in [-0.05, 0) is 17.9 Å². The SMILES string of the molecule is CC1CCN(S(=O)(=O)N[C@H](C(=O)O)c2ccccc2)C1. The fraction of sp³-hybridized carbons (Fsp3) is 0.462. The van der Waals surface area contributed by atoms with Crippen molar-refractivity contribution in [3.8, 4) is 0 Å². The van der Waals surface area contributed by atoms with Crippen LogP contribution in [0.1, 0.15) is 24.9 Å². The van der Waals surface area contributed by atoms with Crippen molar-refractivity contribution in [1.82, 2.24) is 9.03 Å². The molecular formula is C13H18N2O4S. The number of aliphatic carboxylic acids is 1. The standard InChI is InChI=1S/C13H18N2O4S/c1-10-7-8-15(9-10)20(18,19)14-12(13(16)17)11-5-3-2-4-6-11/h2-6,10,12,14H,7-9H2,1H3,(H,16,17)/t10?,12-/m0/s1. The number of nitrogens with one attached hydrogen (secondary N) is 1. The predicted molar refractivity (Wildman–Crippen MR) is 74.2 cm³/mol.